The molecule has 4 nitrogen and oxygen atoms in total. The largest absolute Gasteiger partial charge is 0.317 e. The van der Waals surface area contributed by atoms with E-state index >= 15 is 0 Å². The van der Waals surface area contributed by atoms with Crippen LogP contribution in [0.25, 0.3) is 0 Å². The van der Waals surface area contributed by atoms with Gasteiger partial charge in [-0.3, -0.25) is 4.79 Å². The van der Waals surface area contributed by atoms with Gasteiger partial charge in [-0.05, 0) is 18.2 Å². The van der Waals surface area contributed by atoms with Gasteiger partial charge in [-0.1, -0.05) is 46.4 Å². The van der Waals surface area contributed by atoms with Gasteiger partial charge in [0.2, 0.25) is 0 Å². The lowest BCUT2D eigenvalue weighted by atomic mass is 10.2. The molecule has 1 amide bonds. The summed E-state index contributed by atoms with van der Waals surface area (Å²) >= 11 is 23.4. The Labute approximate surface area is 128 Å². The summed E-state index contributed by atoms with van der Waals surface area (Å²) in [4.78, 5) is 19.5. The molecule has 0 saturated heterocycles. The van der Waals surface area contributed by atoms with Crippen LogP contribution < -0.4 is 5.32 Å². The maximum absolute atomic E-state index is 12.1. The molecule has 0 atom stereocenters. The van der Waals surface area contributed by atoms with E-state index in [0.29, 0.717) is 5.02 Å². The number of amides is 1. The van der Waals surface area contributed by atoms with Gasteiger partial charge in [0.15, 0.2) is 10.3 Å². The number of benzene rings is 1. The molecule has 8 heteroatoms. The van der Waals surface area contributed by atoms with E-state index < -0.39 is 5.91 Å². The smallest absolute Gasteiger partial charge is 0.257 e. The van der Waals surface area contributed by atoms with Crippen molar-refractivity contribution < 1.29 is 4.79 Å². The number of anilines is 1. The van der Waals surface area contributed by atoms with Crippen LogP contribution in [-0.4, -0.2) is 15.9 Å². The third kappa shape index (κ3) is 3.28. The SMILES string of the molecule is O=C(Nc1c(Cl)ncnc1Cl)c1cc(Cl)ccc1Cl. The van der Waals surface area contributed by atoms with Crippen molar-refractivity contribution >= 4 is 58.0 Å². The first-order valence-corrected chi connectivity index (χ1v) is 6.42. The second-order valence-corrected chi connectivity index (χ2v) is 4.97. The van der Waals surface area contributed by atoms with Gasteiger partial charge in [0.05, 0.1) is 10.6 Å². The number of hydrogen-bond acceptors (Lipinski definition) is 3. The summed E-state index contributed by atoms with van der Waals surface area (Å²) in [5, 5.41) is 3.20. The zero-order chi connectivity index (χ0) is 14.0. The first-order valence-electron chi connectivity index (χ1n) is 4.91. The number of nitrogens with one attached hydrogen (secondary N) is 1. The summed E-state index contributed by atoms with van der Waals surface area (Å²) in [6.45, 7) is 0. The van der Waals surface area contributed by atoms with E-state index in [1.807, 2.05) is 0 Å². The predicted octanol–water partition coefficient (Wildman–Crippen LogP) is 4.34. The van der Waals surface area contributed by atoms with Crippen molar-refractivity contribution in [3.8, 4) is 0 Å². The second kappa shape index (κ2) is 5.92. The number of halogens is 4. The van der Waals surface area contributed by atoms with E-state index in [1.54, 1.807) is 6.07 Å². The number of carbonyl (C=O) groups excluding carboxylic acids is 1. The predicted molar refractivity (Wildman–Crippen MR) is 76.5 cm³/mol. The molecule has 98 valence electrons. The highest BCUT2D eigenvalue weighted by Crippen LogP contribution is 2.28. The van der Waals surface area contributed by atoms with Crippen LogP contribution in [0.3, 0.4) is 0 Å². The Bertz CT molecular complexity index is 628. The van der Waals surface area contributed by atoms with Crippen LogP contribution in [0, 0.1) is 0 Å². The second-order valence-electron chi connectivity index (χ2n) is 3.41. The Hall–Kier alpha value is -1.07. The van der Waals surface area contributed by atoms with E-state index in [4.69, 9.17) is 46.4 Å². The van der Waals surface area contributed by atoms with Crippen molar-refractivity contribution in [2.45, 2.75) is 0 Å². The molecule has 2 aromatic rings. The zero-order valence-electron chi connectivity index (χ0n) is 9.12. The van der Waals surface area contributed by atoms with Crippen LogP contribution in [0.15, 0.2) is 24.5 Å². The molecular formula is C11H5Cl4N3O. The summed E-state index contributed by atoms with van der Waals surface area (Å²) in [5.41, 5.74) is 0.317. The minimum Gasteiger partial charge on any atom is -0.317 e. The molecule has 0 radical (unpaired) electrons. The first kappa shape index (κ1) is 14.3. The van der Waals surface area contributed by atoms with Crippen LogP contribution in [0.5, 0.6) is 0 Å². The highest BCUT2D eigenvalue weighted by atomic mass is 35.5. The fraction of sp³-hybridized carbons (Fsp3) is 0. The third-order valence-electron chi connectivity index (χ3n) is 2.17. The maximum Gasteiger partial charge on any atom is 0.257 e. The third-order valence-corrected chi connectivity index (χ3v) is 3.30. The van der Waals surface area contributed by atoms with E-state index in [1.165, 1.54) is 18.5 Å². The first-order chi connectivity index (χ1) is 8.99. The fourth-order valence-electron chi connectivity index (χ4n) is 1.30. The normalized spacial score (nSPS) is 10.3. The minimum absolute atomic E-state index is 0.0338. The molecule has 19 heavy (non-hydrogen) atoms. The molecule has 0 aliphatic carbocycles. The molecule has 0 spiro atoms. The summed E-state index contributed by atoms with van der Waals surface area (Å²) < 4.78 is 0. The van der Waals surface area contributed by atoms with E-state index in [-0.39, 0.29) is 26.6 Å². The van der Waals surface area contributed by atoms with Crippen LogP contribution >= 0.6 is 46.4 Å². The Morgan fingerprint density at radius 2 is 1.68 bits per heavy atom. The molecule has 0 saturated carbocycles. The van der Waals surface area contributed by atoms with Crippen molar-refractivity contribution in [1.29, 1.82) is 0 Å². The summed E-state index contributed by atoms with van der Waals surface area (Å²) in [7, 11) is 0. The van der Waals surface area contributed by atoms with Gasteiger partial charge in [-0.2, -0.15) is 0 Å². The van der Waals surface area contributed by atoms with E-state index in [0.717, 1.165) is 0 Å². The molecule has 0 aliphatic rings. The van der Waals surface area contributed by atoms with Gasteiger partial charge in [-0.15, -0.1) is 0 Å². The Balaban J connectivity index is 2.34. The van der Waals surface area contributed by atoms with Crippen molar-refractivity contribution in [1.82, 2.24) is 9.97 Å². The summed E-state index contributed by atoms with van der Waals surface area (Å²) in [6.07, 6.45) is 1.19. The van der Waals surface area contributed by atoms with Crippen molar-refractivity contribution in [3.05, 3.63) is 50.4 Å². The van der Waals surface area contributed by atoms with Crippen molar-refractivity contribution in [2.24, 2.45) is 0 Å². The van der Waals surface area contributed by atoms with E-state index in [2.05, 4.69) is 15.3 Å². The molecule has 0 fully saturated rings. The average molecular weight is 337 g/mol. The van der Waals surface area contributed by atoms with Crippen LogP contribution in [0.2, 0.25) is 20.4 Å². The van der Waals surface area contributed by atoms with Gasteiger partial charge in [0, 0.05) is 5.02 Å². The lowest BCUT2D eigenvalue weighted by Gasteiger charge is -2.09. The molecule has 1 heterocycles. The molecule has 0 aliphatic heterocycles. The molecular weight excluding hydrogens is 332 g/mol. The Kier molecular flexibility index (Phi) is 4.47. The van der Waals surface area contributed by atoms with Gasteiger partial charge in [0.1, 0.15) is 12.0 Å². The quantitative estimate of drug-likeness (QED) is 0.830. The Morgan fingerprint density at radius 3 is 2.32 bits per heavy atom. The lowest BCUT2D eigenvalue weighted by molar-refractivity contribution is 0.102. The molecule has 2 rings (SSSR count). The maximum atomic E-state index is 12.1. The molecule has 1 aromatic carbocycles. The van der Waals surface area contributed by atoms with Crippen molar-refractivity contribution in [2.75, 3.05) is 5.32 Å². The van der Waals surface area contributed by atoms with E-state index in [9.17, 15) is 4.79 Å². The fourth-order valence-corrected chi connectivity index (χ4v) is 2.08. The van der Waals surface area contributed by atoms with Gasteiger partial charge >= 0.3 is 0 Å². The zero-order valence-corrected chi connectivity index (χ0v) is 12.1. The highest BCUT2D eigenvalue weighted by molar-refractivity contribution is 6.39. The Morgan fingerprint density at radius 1 is 1.05 bits per heavy atom. The number of hydrogen-bond donors (Lipinski definition) is 1. The molecule has 0 unspecified atom stereocenters. The molecule has 1 aromatic heterocycles. The average Bonchev–Trinajstić information content (AvgIpc) is 2.37. The van der Waals surface area contributed by atoms with Gasteiger partial charge in [-0.25, -0.2) is 9.97 Å². The number of nitrogens with zero attached hydrogens (tertiary/aromatic N) is 2. The lowest BCUT2D eigenvalue weighted by Crippen LogP contribution is -2.14. The summed E-state index contributed by atoms with van der Waals surface area (Å²) in [6, 6.07) is 4.53. The van der Waals surface area contributed by atoms with Crippen molar-refractivity contribution in [3.63, 3.8) is 0 Å². The molecule has 0 bridgehead atoms. The highest BCUT2D eigenvalue weighted by Gasteiger charge is 2.15. The number of carbonyl (C=O) groups is 1. The van der Waals surface area contributed by atoms with Gasteiger partial charge in [0.25, 0.3) is 5.91 Å². The monoisotopic (exact) mass is 335 g/mol. The number of rotatable bonds is 2. The minimum atomic E-state index is -0.508. The summed E-state index contributed by atoms with van der Waals surface area (Å²) in [5.74, 6) is -0.508. The van der Waals surface area contributed by atoms with Crippen LogP contribution in [-0.2, 0) is 0 Å². The standard InChI is InChI=1S/C11H5Cl4N3O/c12-5-1-2-7(13)6(3-5)11(19)18-8-9(14)16-4-17-10(8)15/h1-4H,(H,18,19). The molecule has 1 N–H and O–H groups in total. The topological polar surface area (TPSA) is 54.9 Å². The van der Waals surface area contributed by atoms with Crippen LogP contribution in [0.4, 0.5) is 5.69 Å². The van der Waals surface area contributed by atoms with Crippen LogP contribution in [0.1, 0.15) is 10.4 Å². The van der Waals surface area contributed by atoms with Gasteiger partial charge < -0.3 is 5.32 Å². The number of aromatic nitrogens is 2.